The first-order chi connectivity index (χ1) is 16.3. The number of rotatable bonds is 7. The molecule has 0 aliphatic rings. The van der Waals surface area contributed by atoms with Crippen LogP contribution in [0.15, 0.2) is 60.7 Å². The van der Waals surface area contributed by atoms with E-state index in [-0.39, 0.29) is 16.4 Å². The third-order valence-corrected chi connectivity index (χ3v) is 6.39. The molecule has 0 heterocycles. The molecule has 3 aromatic carbocycles. The molecule has 0 saturated heterocycles. The molecule has 4 nitrogen and oxygen atoms in total. The summed E-state index contributed by atoms with van der Waals surface area (Å²) in [7, 11) is 0. The monoisotopic (exact) mass is 574 g/mol. The van der Waals surface area contributed by atoms with Crippen LogP contribution in [0.5, 0.6) is 0 Å². The molecule has 184 valence electrons. The molecular formula is C25H20Cl5FN2O2. The maximum Gasteiger partial charge on any atom is 0.253 e. The molecule has 3 aromatic rings. The fourth-order valence-electron chi connectivity index (χ4n) is 3.52. The number of halogens is 6. The molecule has 0 spiro atoms. The zero-order valence-electron chi connectivity index (χ0n) is 18.5. The third kappa shape index (κ3) is 7.25. The quantitative estimate of drug-likeness (QED) is 0.279. The second-order valence-corrected chi connectivity index (χ2v) is 11.1. The normalized spacial score (nSPS) is 13.1. The summed E-state index contributed by atoms with van der Waals surface area (Å²) in [6.07, 6.45) is 0. The van der Waals surface area contributed by atoms with E-state index in [9.17, 15) is 14.0 Å². The van der Waals surface area contributed by atoms with Crippen molar-refractivity contribution in [1.29, 1.82) is 0 Å². The molecule has 2 amide bonds. The van der Waals surface area contributed by atoms with Crippen molar-refractivity contribution in [3.63, 3.8) is 0 Å². The Balaban J connectivity index is 1.83. The summed E-state index contributed by atoms with van der Waals surface area (Å²) in [4.78, 5) is 26.1. The van der Waals surface area contributed by atoms with E-state index in [1.165, 1.54) is 37.3 Å². The highest BCUT2D eigenvalue weighted by Crippen LogP contribution is 2.40. The van der Waals surface area contributed by atoms with Crippen LogP contribution in [0.2, 0.25) is 15.1 Å². The predicted molar refractivity (Wildman–Crippen MR) is 142 cm³/mol. The van der Waals surface area contributed by atoms with Crippen LogP contribution < -0.4 is 10.6 Å². The van der Waals surface area contributed by atoms with Gasteiger partial charge in [0.25, 0.3) is 5.91 Å². The van der Waals surface area contributed by atoms with E-state index in [0.717, 1.165) is 0 Å². The van der Waals surface area contributed by atoms with E-state index in [4.69, 9.17) is 58.0 Å². The number of anilines is 1. The van der Waals surface area contributed by atoms with Crippen LogP contribution in [-0.4, -0.2) is 16.1 Å². The van der Waals surface area contributed by atoms with E-state index < -0.39 is 28.1 Å². The molecule has 3 rings (SSSR count). The van der Waals surface area contributed by atoms with Crippen LogP contribution in [-0.2, 0) is 4.79 Å². The van der Waals surface area contributed by atoms with Gasteiger partial charge in [-0.15, -0.1) is 23.2 Å². The fraction of sp³-hybridized carbons (Fsp3) is 0.200. The topological polar surface area (TPSA) is 58.2 Å². The van der Waals surface area contributed by atoms with Crippen molar-refractivity contribution >= 4 is 75.5 Å². The van der Waals surface area contributed by atoms with Crippen molar-refractivity contribution in [1.82, 2.24) is 5.32 Å². The van der Waals surface area contributed by atoms with E-state index in [1.54, 1.807) is 37.3 Å². The van der Waals surface area contributed by atoms with Crippen LogP contribution >= 0.6 is 58.0 Å². The van der Waals surface area contributed by atoms with Gasteiger partial charge in [0.15, 0.2) is 0 Å². The molecule has 2 atom stereocenters. The van der Waals surface area contributed by atoms with Gasteiger partial charge in [0, 0.05) is 15.7 Å². The van der Waals surface area contributed by atoms with Gasteiger partial charge in [0.05, 0.1) is 22.5 Å². The molecule has 0 aromatic heterocycles. The van der Waals surface area contributed by atoms with Crippen LogP contribution in [0.3, 0.4) is 0 Å². The summed E-state index contributed by atoms with van der Waals surface area (Å²) in [5, 5.41) is 6.36. The van der Waals surface area contributed by atoms with Crippen LogP contribution in [0.4, 0.5) is 10.1 Å². The van der Waals surface area contributed by atoms with Gasteiger partial charge in [-0.1, -0.05) is 46.9 Å². The van der Waals surface area contributed by atoms with E-state index >= 15 is 0 Å². The summed E-state index contributed by atoms with van der Waals surface area (Å²) in [6.45, 7) is 3.24. The Kier molecular flexibility index (Phi) is 8.95. The Morgan fingerprint density at radius 1 is 0.886 bits per heavy atom. The maximum atomic E-state index is 13.2. The number of amides is 2. The van der Waals surface area contributed by atoms with Gasteiger partial charge in [-0.2, -0.15) is 0 Å². The zero-order valence-corrected chi connectivity index (χ0v) is 22.3. The fourth-order valence-corrected chi connectivity index (χ4v) is 4.71. The number of nitrogens with one attached hydrogen (secondary N) is 2. The van der Waals surface area contributed by atoms with Gasteiger partial charge < -0.3 is 10.6 Å². The smallest absolute Gasteiger partial charge is 0.253 e. The molecule has 0 bridgehead atoms. The molecule has 35 heavy (non-hydrogen) atoms. The molecule has 0 aliphatic heterocycles. The van der Waals surface area contributed by atoms with Crippen LogP contribution in [0, 0.1) is 5.82 Å². The summed E-state index contributed by atoms with van der Waals surface area (Å²) in [5.41, 5.74) is 1.58. The van der Waals surface area contributed by atoms with E-state index in [2.05, 4.69) is 10.6 Å². The summed E-state index contributed by atoms with van der Waals surface area (Å²) >= 11 is 31.1. The first kappa shape index (κ1) is 27.6. The SMILES string of the molecule is CC(NC(=O)c1cc(NC(=O)C(c2cc(Cl)cc(Cl)c2)C(C)(Cl)Cl)ccc1Cl)c1ccc(F)cc1. The van der Waals surface area contributed by atoms with Crippen molar-refractivity contribution in [2.75, 3.05) is 5.32 Å². The number of benzene rings is 3. The average Bonchev–Trinajstić information content (AvgIpc) is 2.73. The first-order valence-electron chi connectivity index (χ1n) is 10.4. The molecule has 0 aliphatic carbocycles. The lowest BCUT2D eigenvalue weighted by Gasteiger charge is -2.26. The largest absolute Gasteiger partial charge is 0.345 e. The first-order valence-corrected chi connectivity index (χ1v) is 12.2. The minimum Gasteiger partial charge on any atom is -0.345 e. The molecule has 10 heteroatoms. The number of carbonyl (C=O) groups excluding carboxylic acids is 2. The Hall–Kier alpha value is -2.02. The van der Waals surface area contributed by atoms with Crippen LogP contribution in [0.1, 0.15) is 47.3 Å². The van der Waals surface area contributed by atoms with Crippen molar-refractivity contribution in [3.05, 3.63) is 98.2 Å². The van der Waals surface area contributed by atoms with Crippen molar-refractivity contribution in [3.8, 4) is 0 Å². The molecular weight excluding hydrogens is 557 g/mol. The number of carbonyl (C=O) groups is 2. The number of alkyl halides is 2. The number of hydrogen-bond donors (Lipinski definition) is 2. The third-order valence-electron chi connectivity index (χ3n) is 5.18. The molecule has 0 radical (unpaired) electrons. The lowest BCUT2D eigenvalue weighted by atomic mass is 9.94. The van der Waals surface area contributed by atoms with Gasteiger partial charge in [0.2, 0.25) is 5.91 Å². The van der Waals surface area contributed by atoms with Crippen molar-refractivity contribution in [2.24, 2.45) is 0 Å². The second kappa shape index (κ2) is 11.4. The molecule has 2 unspecified atom stereocenters. The van der Waals surface area contributed by atoms with Gasteiger partial charge in [0.1, 0.15) is 10.2 Å². The van der Waals surface area contributed by atoms with E-state index in [0.29, 0.717) is 26.9 Å². The van der Waals surface area contributed by atoms with Crippen molar-refractivity contribution < 1.29 is 14.0 Å². The maximum absolute atomic E-state index is 13.2. The Labute approximate surface area is 227 Å². The summed E-state index contributed by atoms with van der Waals surface area (Å²) < 4.78 is 11.7. The highest BCUT2D eigenvalue weighted by Gasteiger charge is 2.38. The Bertz CT molecular complexity index is 1230. The van der Waals surface area contributed by atoms with Crippen LogP contribution in [0.25, 0.3) is 0 Å². The van der Waals surface area contributed by atoms with Gasteiger partial charge >= 0.3 is 0 Å². The second-order valence-electron chi connectivity index (χ2n) is 8.02. The minimum absolute atomic E-state index is 0.139. The number of hydrogen-bond acceptors (Lipinski definition) is 2. The standard InChI is InChI=1S/C25H20Cl5FN2O2/c1-13(14-3-5-18(31)6-4-14)32-23(34)20-12-19(7-8-21(20)28)33-24(35)22(25(2,29)30)15-9-16(26)11-17(27)10-15/h3-13,22H,1-2H3,(H,32,34)(H,33,35). The van der Waals surface area contributed by atoms with Crippen molar-refractivity contribution in [2.45, 2.75) is 30.1 Å². The van der Waals surface area contributed by atoms with Gasteiger partial charge in [-0.3, -0.25) is 9.59 Å². The molecule has 0 fully saturated rings. The van der Waals surface area contributed by atoms with Gasteiger partial charge in [-0.05, 0) is 73.5 Å². The molecule has 0 saturated carbocycles. The Morgan fingerprint density at radius 2 is 1.49 bits per heavy atom. The zero-order chi connectivity index (χ0) is 25.9. The highest BCUT2D eigenvalue weighted by atomic mass is 35.5. The van der Waals surface area contributed by atoms with Gasteiger partial charge in [-0.25, -0.2) is 4.39 Å². The highest BCUT2D eigenvalue weighted by molar-refractivity contribution is 6.50. The minimum atomic E-state index is -1.50. The Morgan fingerprint density at radius 3 is 2.06 bits per heavy atom. The lowest BCUT2D eigenvalue weighted by molar-refractivity contribution is -0.117. The van der Waals surface area contributed by atoms with E-state index in [1.807, 2.05) is 0 Å². The predicted octanol–water partition coefficient (Wildman–Crippen LogP) is 8.19. The summed E-state index contributed by atoms with van der Waals surface area (Å²) in [6, 6.07) is 14.5. The average molecular weight is 577 g/mol. The molecule has 2 N–H and O–H groups in total. The summed E-state index contributed by atoms with van der Waals surface area (Å²) in [5.74, 6) is -2.42. The lowest BCUT2D eigenvalue weighted by Crippen LogP contribution is -2.32.